The summed E-state index contributed by atoms with van der Waals surface area (Å²) in [5, 5.41) is 28.5. The number of aliphatic hydroxyl groups is 1. The summed E-state index contributed by atoms with van der Waals surface area (Å²) < 4.78 is 0. The van der Waals surface area contributed by atoms with Gasteiger partial charge in [-0.25, -0.2) is 0 Å². The standard InChI is InChI=1S/C29H40N4O4/c34-24-3-1-22(23-2-4-26(36)31-28(23)24)25(35)17-30-21-5-8-33(9-6-21)10-7-27(37)32-29-14-18-11-19(15-29)13-20(12-18)16-29/h1-4,18-21,25,30,34-35H,5-17H2,(H,31,36)(H,32,37). The quantitative estimate of drug-likeness (QED) is 0.374. The minimum absolute atomic E-state index is 0.00408. The first-order chi connectivity index (χ1) is 17.9. The molecule has 4 bridgehead atoms. The molecule has 4 aliphatic carbocycles. The first-order valence-electron chi connectivity index (χ1n) is 14.2. The molecule has 2 heterocycles. The van der Waals surface area contributed by atoms with Crippen LogP contribution in [0.4, 0.5) is 0 Å². The van der Waals surface area contributed by atoms with E-state index < -0.39 is 6.10 Å². The van der Waals surface area contributed by atoms with Gasteiger partial charge in [-0.2, -0.15) is 0 Å². The number of carbonyl (C=O) groups is 1. The molecule has 4 saturated carbocycles. The van der Waals surface area contributed by atoms with Gasteiger partial charge >= 0.3 is 0 Å². The van der Waals surface area contributed by atoms with Crippen molar-refractivity contribution in [3.05, 3.63) is 40.2 Å². The lowest BCUT2D eigenvalue weighted by Crippen LogP contribution is -2.60. The molecular formula is C29H40N4O4. The molecule has 1 amide bonds. The van der Waals surface area contributed by atoms with Gasteiger partial charge in [0.1, 0.15) is 5.75 Å². The minimum atomic E-state index is -0.750. The molecule has 37 heavy (non-hydrogen) atoms. The predicted octanol–water partition coefficient (Wildman–Crippen LogP) is 2.80. The smallest absolute Gasteiger partial charge is 0.248 e. The first-order valence-corrected chi connectivity index (χ1v) is 14.2. The van der Waals surface area contributed by atoms with E-state index in [0.29, 0.717) is 35.5 Å². The number of aromatic hydroxyl groups is 1. The third-order valence-corrected chi connectivity index (χ3v) is 9.55. The number of hydrogen-bond acceptors (Lipinski definition) is 6. The number of aromatic amines is 1. The van der Waals surface area contributed by atoms with E-state index in [-0.39, 0.29) is 22.8 Å². The Morgan fingerprint density at radius 2 is 1.73 bits per heavy atom. The van der Waals surface area contributed by atoms with Gasteiger partial charge in [-0.15, -0.1) is 0 Å². The number of hydrogen-bond donors (Lipinski definition) is 5. The highest BCUT2D eigenvalue weighted by atomic mass is 16.3. The molecule has 1 aromatic carbocycles. The van der Waals surface area contributed by atoms with Crippen LogP contribution in [-0.4, -0.2) is 63.8 Å². The second-order valence-electron chi connectivity index (χ2n) is 12.3. The van der Waals surface area contributed by atoms with E-state index in [2.05, 4.69) is 20.5 Å². The zero-order valence-electron chi connectivity index (χ0n) is 21.5. The third-order valence-electron chi connectivity index (χ3n) is 9.55. The Bertz CT molecular complexity index is 1170. The van der Waals surface area contributed by atoms with Gasteiger partial charge in [0.2, 0.25) is 11.5 Å². The average Bonchev–Trinajstić information content (AvgIpc) is 2.86. The molecule has 1 unspecified atom stereocenters. The number of piperidine rings is 1. The predicted molar refractivity (Wildman–Crippen MR) is 142 cm³/mol. The number of nitrogens with zero attached hydrogens (tertiary/aromatic N) is 1. The summed E-state index contributed by atoms with van der Waals surface area (Å²) in [7, 11) is 0. The van der Waals surface area contributed by atoms with Crippen molar-refractivity contribution in [1.82, 2.24) is 20.5 Å². The number of carbonyl (C=O) groups excluding carboxylic acids is 1. The van der Waals surface area contributed by atoms with Crippen molar-refractivity contribution in [2.24, 2.45) is 17.8 Å². The van der Waals surface area contributed by atoms with E-state index in [0.717, 1.165) is 50.2 Å². The van der Waals surface area contributed by atoms with Crippen LogP contribution in [0.1, 0.15) is 69.5 Å². The number of nitrogens with one attached hydrogen (secondary N) is 3. The molecule has 5 aliphatic rings. The summed E-state index contributed by atoms with van der Waals surface area (Å²) >= 11 is 0. The molecule has 0 spiro atoms. The van der Waals surface area contributed by atoms with Gasteiger partial charge in [-0.1, -0.05) is 6.07 Å². The monoisotopic (exact) mass is 508 g/mol. The van der Waals surface area contributed by atoms with Gasteiger partial charge in [-0.3, -0.25) is 9.59 Å². The molecule has 1 saturated heterocycles. The molecule has 2 aromatic rings. The van der Waals surface area contributed by atoms with Crippen LogP contribution in [0.15, 0.2) is 29.1 Å². The second-order valence-corrected chi connectivity index (χ2v) is 12.3. The van der Waals surface area contributed by atoms with Crippen molar-refractivity contribution in [2.75, 3.05) is 26.2 Å². The highest BCUT2D eigenvalue weighted by Gasteiger charge is 2.51. The Labute approximate surface area is 217 Å². The van der Waals surface area contributed by atoms with Gasteiger partial charge in [0, 0.05) is 42.5 Å². The van der Waals surface area contributed by atoms with Crippen molar-refractivity contribution in [2.45, 2.75) is 75.5 Å². The molecule has 0 radical (unpaired) electrons. The molecular weight excluding hydrogens is 468 g/mol. The van der Waals surface area contributed by atoms with Crippen molar-refractivity contribution in [3.63, 3.8) is 0 Å². The van der Waals surface area contributed by atoms with E-state index in [1.807, 2.05) is 0 Å². The van der Waals surface area contributed by atoms with Crippen molar-refractivity contribution in [1.29, 1.82) is 0 Å². The number of rotatable bonds is 8. The summed E-state index contributed by atoms with van der Waals surface area (Å²) in [5.41, 5.74) is 0.843. The lowest BCUT2D eigenvalue weighted by atomic mass is 9.53. The number of benzene rings is 1. The molecule has 1 aliphatic heterocycles. The Balaban J connectivity index is 0.944. The number of H-pyrrole nitrogens is 1. The lowest BCUT2D eigenvalue weighted by Gasteiger charge is -2.57. The number of aromatic nitrogens is 1. The van der Waals surface area contributed by atoms with Crippen molar-refractivity contribution < 1.29 is 15.0 Å². The zero-order valence-corrected chi connectivity index (χ0v) is 21.5. The fourth-order valence-electron chi connectivity index (χ4n) is 8.18. The van der Waals surface area contributed by atoms with Crippen LogP contribution in [-0.2, 0) is 4.79 Å². The fourth-order valence-corrected chi connectivity index (χ4v) is 8.18. The third kappa shape index (κ3) is 5.29. The van der Waals surface area contributed by atoms with Crippen LogP contribution in [0.2, 0.25) is 0 Å². The van der Waals surface area contributed by atoms with Crippen molar-refractivity contribution in [3.8, 4) is 5.75 Å². The van der Waals surface area contributed by atoms with Crippen LogP contribution in [0.5, 0.6) is 5.75 Å². The molecule has 5 N–H and O–H groups in total. The van der Waals surface area contributed by atoms with Gasteiger partial charge in [0.15, 0.2) is 0 Å². The maximum Gasteiger partial charge on any atom is 0.248 e. The maximum atomic E-state index is 12.9. The highest BCUT2D eigenvalue weighted by molar-refractivity contribution is 5.87. The highest BCUT2D eigenvalue weighted by Crippen LogP contribution is 2.55. The normalized spacial score (nSPS) is 30.6. The van der Waals surface area contributed by atoms with E-state index in [1.165, 1.54) is 50.7 Å². The number of phenolic OH excluding ortho intramolecular Hbond substituents is 1. The van der Waals surface area contributed by atoms with Crippen LogP contribution in [0.25, 0.3) is 10.9 Å². The van der Waals surface area contributed by atoms with Crippen LogP contribution >= 0.6 is 0 Å². The minimum Gasteiger partial charge on any atom is -0.506 e. The average molecular weight is 509 g/mol. The topological polar surface area (TPSA) is 118 Å². The first kappa shape index (κ1) is 24.9. The Kier molecular flexibility index (Phi) is 6.75. The maximum absolute atomic E-state index is 12.9. The lowest BCUT2D eigenvalue weighted by molar-refractivity contribution is -0.127. The Morgan fingerprint density at radius 1 is 1.05 bits per heavy atom. The van der Waals surface area contributed by atoms with Gasteiger partial charge < -0.3 is 30.7 Å². The number of pyridine rings is 1. The molecule has 1 atom stereocenters. The van der Waals surface area contributed by atoms with Crippen LogP contribution in [0.3, 0.4) is 0 Å². The van der Waals surface area contributed by atoms with Crippen LogP contribution in [0, 0.1) is 17.8 Å². The van der Waals surface area contributed by atoms with Gasteiger partial charge in [-0.05, 0) is 99.9 Å². The van der Waals surface area contributed by atoms with E-state index in [1.54, 1.807) is 12.1 Å². The number of amides is 1. The summed E-state index contributed by atoms with van der Waals surface area (Å²) in [6, 6.07) is 6.58. The summed E-state index contributed by atoms with van der Waals surface area (Å²) in [6.07, 6.45) is 9.56. The number of phenols is 1. The molecule has 8 nitrogen and oxygen atoms in total. The molecule has 200 valence electrons. The second kappa shape index (κ2) is 10.0. The largest absolute Gasteiger partial charge is 0.506 e. The van der Waals surface area contributed by atoms with Gasteiger partial charge in [0.05, 0.1) is 11.6 Å². The Hall–Kier alpha value is -2.42. The molecule has 7 rings (SSSR count). The van der Waals surface area contributed by atoms with Crippen molar-refractivity contribution >= 4 is 16.8 Å². The molecule has 1 aromatic heterocycles. The Morgan fingerprint density at radius 3 is 2.41 bits per heavy atom. The van der Waals surface area contributed by atoms with E-state index >= 15 is 0 Å². The van der Waals surface area contributed by atoms with E-state index in [9.17, 15) is 19.8 Å². The van der Waals surface area contributed by atoms with Gasteiger partial charge in [0.25, 0.3) is 0 Å². The summed E-state index contributed by atoms with van der Waals surface area (Å²) in [6.45, 7) is 3.10. The SMILES string of the molecule is O=C(CCN1CCC(NCC(O)c2ccc(O)c3[nH]c(=O)ccc23)CC1)NC12CC3CC(CC(C3)C1)C2. The van der Waals surface area contributed by atoms with Crippen LogP contribution < -0.4 is 16.2 Å². The van der Waals surface area contributed by atoms with E-state index in [4.69, 9.17) is 0 Å². The fraction of sp³-hybridized carbons (Fsp3) is 0.655. The summed E-state index contributed by atoms with van der Waals surface area (Å²) in [4.78, 5) is 29.5. The number of likely N-dealkylation sites (tertiary alicyclic amines) is 1. The molecule has 5 fully saturated rings. The molecule has 8 heteroatoms. The number of fused-ring (bicyclic) bond motifs is 1. The summed E-state index contributed by atoms with van der Waals surface area (Å²) in [5.74, 6) is 2.75. The number of aliphatic hydroxyl groups excluding tert-OH is 1. The zero-order chi connectivity index (χ0) is 25.6.